The number of carboxylic acids is 1. The number of halogens is 2. The number of nitrogens with one attached hydrogen (secondary N) is 1. The van der Waals surface area contributed by atoms with E-state index in [1.807, 2.05) is 24.3 Å². The molecule has 0 aromatic heterocycles. The molecule has 2 N–H and O–H groups in total. The number of hydrogen-bond acceptors (Lipinski definition) is 2. The van der Waals surface area contributed by atoms with E-state index in [1.165, 1.54) is 0 Å². The summed E-state index contributed by atoms with van der Waals surface area (Å²) in [5.41, 5.74) is 0.299. The van der Waals surface area contributed by atoms with Crippen LogP contribution >= 0.6 is 28.3 Å². The van der Waals surface area contributed by atoms with Crippen LogP contribution in [0.25, 0.3) is 0 Å². The van der Waals surface area contributed by atoms with Gasteiger partial charge >= 0.3 is 5.97 Å². The van der Waals surface area contributed by atoms with Crippen LogP contribution in [-0.2, 0) is 11.2 Å². The summed E-state index contributed by atoms with van der Waals surface area (Å²) < 4.78 is 1.01. The predicted molar refractivity (Wildman–Crippen MR) is 72.7 cm³/mol. The summed E-state index contributed by atoms with van der Waals surface area (Å²) in [5.74, 6) is -0.743. The third-order valence-corrected chi connectivity index (χ3v) is 3.60. The Morgan fingerprint density at radius 2 is 2.06 bits per heavy atom. The monoisotopic (exact) mass is 319 g/mol. The van der Waals surface area contributed by atoms with Gasteiger partial charge in [-0.1, -0.05) is 28.1 Å². The molecule has 5 heteroatoms. The zero-order valence-corrected chi connectivity index (χ0v) is 11.7. The second-order valence-electron chi connectivity index (χ2n) is 4.22. The van der Waals surface area contributed by atoms with Gasteiger partial charge in [-0.2, -0.15) is 0 Å². The number of benzene rings is 1. The van der Waals surface area contributed by atoms with E-state index in [0.29, 0.717) is 12.8 Å². The van der Waals surface area contributed by atoms with Crippen LogP contribution in [0.2, 0.25) is 0 Å². The zero-order valence-electron chi connectivity index (χ0n) is 9.28. The molecule has 0 saturated carbocycles. The molecule has 1 saturated heterocycles. The minimum atomic E-state index is -0.756. The molecule has 1 heterocycles. The maximum atomic E-state index is 11.3. The highest BCUT2D eigenvalue weighted by Gasteiger charge is 2.40. The fourth-order valence-corrected chi connectivity index (χ4v) is 2.43. The lowest BCUT2D eigenvalue weighted by Crippen LogP contribution is -2.49. The summed E-state index contributed by atoms with van der Waals surface area (Å²) in [6, 6.07) is 7.82. The molecule has 1 fully saturated rings. The van der Waals surface area contributed by atoms with E-state index in [2.05, 4.69) is 21.2 Å². The summed E-state index contributed by atoms with van der Waals surface area (Å²) >= 11 is 3.37. The molecule has 1 aliphatic rings. The molecular weight excluding hydrogens is 305 g/mol. The summed E-state index contributed by atoms with van der Waals surface area (Å²) in [4.78, 5) is 11.3. The molecular formula is C12H15BrClNO2. The van der Waals surface area contributed by atoms with Crippen molar-refractivity contribution in [2.75, 3.05) is 6.54 Å². The molecule has 0 radical (unpaired) electrons. The Kier molecular flexibility index (Phi) is 4.98. The van der Waals surface area contributed by atoms with Crippen molar-refractivity contribution in [3.63, 3.8) is 0 Å². The Hall–Kier alpha value is -0.580. The van der Waals surface area contributed by atoms with Gasteiger partial charge in [0.05, 0.1) is 0 Å². The molecule has 0 bridgehead atoms. The van der Waals surface area contributed by atoms with Gasteiger partial charge in [0, 0.05) is 10.9 Å². The Morgan fingerprint density at radius 1 is 1.41 bits per heavy atom. The van der Waals surface area contributed by atoms with Crippen molar-refractivity contribution in [2.24, 2.45) is 0 Å². The molecule has 0 aliphatic carbocycles. The van der Waals surface area contributed by atoms with Gasteiger partial charge in [-0.15, -0.1) is 12.4 Å². The number of hydrogen-bond donors (Lipinski definition) is 2. The third kappa shape index (κ3) is 3.21. The molecule has 94 valence electrons. The molecule has 0 spiro atoms. The van der Waals surface area contributed by atoms with Crippen LogP contribution in [0.3, 0.4) is 0 Å². The first kappa shape index (κ1) is 14.5. The maximum Gasteiger partial charge on any atom is 0.324 e. The van der Waals surface area contributed by atoms with Crippen molar-refractivity contribution in [3.05, 3.63) is 34.3 Å². The van der Waals surface area contributed by atoms with Gasteiger partial charge in [0.25, 0.3) is 0 Å². The first-order chi connectivity index (χ1) is 7.62. The molecule has 1 aromatic carbocycles. The Bertz CT molecular complexity index is 388. The molecule has 17 heavy (non-hydrogen) atoms. The molecule has 0 amide bonds. The van der Waals surface area contributed by atoms with Crippen molar-refractivity contribution in [1.82, 2.24) is 5.32 Å². The zero-order chi connectivity index (χ0) is 11.6. The normalized spacial score (nSPS) is 23.1. The average molecular weight is 321 g/mol. The van der Waals surface area contributed by atoms with E-state index >= 15 is 0 Å². The van der Waals surface area contributed by atoms with Gasteiger partial charge in [-0.05, 0) is 37.1 Å². The lowest BCUT2D eigenvalue weighted by molar-refractivity contribution is -0.144. The summed E-state index contributed by atoms with van der Waals surface area (Å²) in [7, 11) is 0. The maximum absolute atomic E-state index is 11.3. The lowest BCUT2D eigenvalue weighted by atomic mass is 9.89. The van der Waals surface area contributed by atoms with Crippen LogP contribution < -0.4 is 5.32 Å². The Balaban J connectivity index is 0.00000144. The van der Waals surface area contributed by atoms with Gasteiger partial charge in [-0.25, -0.2) is 0 Å². The topological polar surface area (TPSA) is 49.3 Å². The first-order valence-corrected chi connectivity index (χ1v) is 6.15. The lowest BCUT2D eigenvalue weighted by Gasteiger charge is -2.24. The van der Waals surface area contributed by atoms with E-state index in [-0.39, 0.29) is 12.4 Å². The number of aliphatic carboxylic acids is 1. The average Bonchev–Trinajstić information content (AvgIpc) is 2.71. The van der Waals surface area contributed by atoms with E-state index in [4.69, 9.17) is 0 Å². The van der Waals surface area contributed by atoms with E-state index < -0.39 is 11.5 Å². The number of carboxylic acid groups (broad SMARTS) is 1. The molecule has 1 aliphatic heterocycles. The largest absolute Gasteiger partial charge is 0.480 e. The van der Waals surface area contributed by atoms with Crippen LogP contribution in [0.1, 0.15) is 18.4 Å². The van der Waals surface area contributed by atoms with Crippen molar-refractivity contribution in [1.29, 1.82) is 0 Å². The predicted octanol–water partition coefficient (Wildman–Crippen LogP) is 2.62. The molecule has 3 nitrogen and oxygen atoms in total. The Labute approximate surface area is 115 Å². The highest BCUT2D eigenvalue weighted by atomic mass is 79.9. The van der Waals surface area contributed by atoms with E-state index in [0.717, 1.165) is 23.0 Å². The molecule has 1 atom stereocenters. The van der Waals surface area contributed by atoms with Crippen LogP contribution in [0.15, 0.2) is 28.7 Å². The van der Waals surface area contributed by atoms with Gasteiger partial charge in [0.15, 0.2) is 0 Å². The fourth-order valence-electron chi connectivity index (χ4n) is 2.17. The van der Waals surface area contributed by atoms with Crippen LogP contribution in [0.5, 0.6) is 0 Å². The molecule has 1 aromatic rings. The van der Waals surface area contributed by atoms with Crippen molar-refractivity contribution in [2.45, 2.75) is 24.8 Å². The smallest absolute Gasteiger partial charge is 0.324 e. The summed E-state index contributed by atoms with van der Waals surface area (Å²) in [6.07, 6.45) is 2.19. The van der Waals surface area contributed by atoms with Crippen molar-refractivity contribution < 1.29 is 9.90 Å². The number of rotatable bonds is 3. The third-order valence-electron chi connectivity index (χ3n) is 3.07. The highest BCUT2D eigenvalue weighted by molar-refractivity contribution is 9.10. The van der Waals surface area contributed by atoms with Crippen LogP contribution in [-0.4, -0.2) is 23.2 Å². The van der Waals surface area contributed by atoms with E-state index in [9.17, 15) is 9.90 Å². The van der Waals surface area contributed by atoms with Crippen LogP contribution in [0, 0.1) is 0 Å². The summed E-state index contributed by atoms with van der Waals surface area (Å²) in [5, 5.41) is 12.4. The molecule has 1 unspecified atom stereocenters. The minimum Gasteiger partial charge on any atom is -0.480 e. The van der Waals surface area contributed by atoms with E-state index in [1.54, 1.807) is 0 Å². The standard InChI is InChI=1S/C12H14BrNO2.ClH/c13-10-4-2-9(3-5-10)8-12(11(15)16)6-1-7-14-12;/h2-5,14H,1,6-8H2,(H,15,16);1H. The second kappa shape index (κ2) is 5.85. The van der Waals surface area contributed by atoms with Gasteiger partial charge in [-0.3, -0.25) is 4.79 Å². The fraction of sp³-hybridized carbons (Fsp3) is 0.417. The minimum absolute atomic E-state index is 0. The van der Waals surface area contributed by atoms with Gasteiger partial charge < -0.3 is 10.4 Å². The Morgan fingerprint density at radius 3 is 2.53 bits per heavy atom. The first-order valence-electron chi connectivity index (χ1n) is 5.35. The van der Waals surface area contributed by atoms with Gasteiger partial charge in [0.1, 0.15) is 5.54 Å². The van der Waals surface area contributed by atoms with Crippen LogP contribution in [0.4, 0.5) is 0 Å². The van der Waals surface area contributed by atoms with Crippen molar-refractivity contribution in [3.8, 4) is 0 Å². The SMILES string of the molecule is Cl.O=C(O)C1(Cc2ccc(Br)cc2)CCCN1. The van der Waals surface area contributed by atoms with Gasteiger partial charge in [0.2, 0.25) is 0 Å². The summed E-state index contributed by atoms with van der Waals surface area (Å²) in [6.45, 7) is 0.794. The molecule has 2 rings (SSSR count). The highest BCUT2D eigenvalue weighted by Crippen LogP contribution is 2.25. The quantitative estimate of drug-likeness (QED) is 0.900. The number of carbonyl (C=O) groups is 1. The second-order valence-corrected chi connectivity index (χ2v) is 5.14. The van der Waals surface area contributed by atoms with Crippen molar-refractivity contribution >= 4 is 34.3 Å².